The number of rotatable bonds is 4. The molecular weight excluding hydrogens is 236 g/mol. The molecule has 0 amide bonds. The first kappa shape index (κ1) is 12.4. The molecule has 1 aliphatic carbocycles. The Morgan fingerprint density at radius 1 is 1.37 bits per heavy atom. The fourth-order valence-corrected chi connectivity index (χ4v) is 2.66. The molecule has 1 aromatic heterocycles. The molecule has 0 aliphatic heterocycles. The lowest BCUT2D eigenvalue weighted by molar-refractivity contribution is 0.281. The maximum absolute atomic E-state index is 9.60. The van der Waals surface area contributed by atoms with Gasteiger partial charge in [0.25, 0.3) is 0 Å². The Labute approximate surface area is 113 Å². The average Bonchev–Trinajstić information content (AvgIpc) is 3.28. The topological polar surface area (TPSA) is 36.4 Å². The minimum atomic E-state index is 0.0366. The summed E-state index contributed by atoms with van der Waals surface area (Å²) < 4.78 is 0. The molecule has 1 aliphatic rings. The van der Waals surface area contributed by atoms with Crippen molar-refractivity contribution in [2.24, 2.45) is 5.92 Å². The highest BCUT2D eigenvalue weighted by Crippen LogP contribution is 2.37. The van der Waals surface area contributed by atoms with Crippen LogP contribution in [-0.2, 0) is 6.61 Å². The Morgan fingerprint density at radius 3 is 2.79 bits per heavy atom. The van der Waals surface area contributed by atoms with Crippen molar-refractivity contribution in [2.45, 2.75) is 32.4 Å². The van der Waals surface area contributed by atoms with Crippen LogP contribution in [0.4, 0.5) is 5.82 Å². The third-order valence-electron chi connectivity index (χ3n) is 4.20. The molecular formula is C16H20N2O. The van der Waals surface area contributed by atoms with Crippen molar-refractivity contribution in [3.63, 3.8) is 0 Å². The van der Waals surface area contributed by atoms with Gasteiger partial charge in [-0.1, -0.05) is 18.2 Å². The number of hydrogen-bond donors (Lipinski definition) is 1. The zero-order valence-corrected chi connectivity index (χ0v) is 11.5. The van der Waals surface area contributed by atoms with Crippen LogP contribution in [0.2, 0.25) is 0 Å². The molecule has 1 atom stereocenters. The van der Waals surface area contributed by atoms with Crippen molar-refractivity contribution >= 4 is 16.7 Å². The zero-order chi connectivity index (χ0) is 13.4. The van der Waals surface area contributed by atoms with E-state index in [1.54, 1.807) is 0 Å². The highest BCUT2D eigenvalue weighted by molar-refractivity contribution is 5.81. The summed E-state index contributed by atoms with van der Waals surface area (Å²) in [6.07, 6.45) is 2.63. The van der Waals surface area contributed by atoms with Crippen LogP contribution >= 0.6 is 0 Å². The molecule has 1 unspecified atom stereocenters. The van der Waals surface area contributed by atoms with Gasteiger partial charge in [0.2, 0.25) is 0 Å². The predicted molar refractivity (Wildman–Crippen MR) is 78.3 cm³/mol. The zero-order valence-electron chi connectivity index (χ0n) is 11.5. The molecule has 2 aromatic rings. The van der Waals surface area contributed by atoms with Gasteiger partial charge in [0, 0.05) is 24.0 Å². The highest BCUT2D eigenvalue weighted by Gasteiger charge is 2.31. The van der Waals surface area contributed by atoms with Crippen LogP contribution < -0.4 is 4.90 Å². The normalized spacial score (nSPS) is 16.6. The standard InChI is InChI=1S/C16H20N2O/c1-11(12-7-8-12)18(2)16-14(10-19)9-13-5-3-4-6-15(13)17-16/h3-6,9,11-12,19H,7-8,10H2,1-2H3. The third-order valence-corrected chi connectivity index (χ3v) is 4.20. The van der Waals surface area contributed by atoms with E-state index in [1.807, 2.05) is 30.3 Å². The number of benzene rings is 1. The smallest absolute Gasteiger partial charge is 0.134 e. The van der Waals surface area contributed by atoms with Gasteiger partial charge in [0.05, 0.1) is 12.1 Å². The summed E-state index contributed by atoms with van der Waals surface area (Å²) in [5.74, 6) is 1.70. The molecule has 1 fully saturated rings. The first-order chi connectivity index (χ1) is 9.20. The molecule has 1 N–H and O–H groups in total. The van der Waals surface area contributed by atoms with E-state index in [9.17, 15) is 5.11 Å². The lowest BCUT2D eigenvalue weighted by Gasteiger charge is -2.28. The van der Waals surface area contributed by atoms with Gasteiger partial charge in [-0.05, 0) is 37.8 Å². The number of nitrogens with zero attached hydrogens (tertiary/aromatic N) is 2. The van der Waals surface area contributed by atoms with Gasteiger partial charge in [0.1, 0.15) is 5.82 Å². The SMILES string of the molecule is CC(C1CC1)N(C)c1nc2ccccc2cc1CO. The predicted octanol–water partition coefficient (Wildman–Crippen LogP) is 2.96. The van der Waals surface area contributed by atoms with E-state index in [1.165, 1.54) is 12.8 Å². The largest absolute Gasteiger partial charge is 0.392 e. The van der Waals surface area contributed by atoms with Crippen molar-refractivity contribution in [3.8, 4) is 0 Å². The van der Waals surface area contributed by atoms with Gasteiger partial charge in [-0.25, -0.2) is 4.98 Å². The second-order valence-corrected chi connectivity index (χ2v) is 5.51. The van der Waals surface area contributed by atoms with Crippen LogP contribution in [0.15, 0.2) is 30.3 Å². The monoisotopic (exact) mass is 256 g/mol. The molecule has 19 heavy (non-hydrogen) atoms. The number of fused-ring (bicyclic) bond motifs is 1. The van der Waals surface area contributed by atoms with Crippen LogP contribution in [0, 0.1) is 5.92 Å². The molecule has 0 spiro atoms. The number of pyridine rings is 1. The Morgan fingerprint density at radius 2 is 2.11 bits per heavy atom. The summed E-state index contributed by atoms with van der Waals surface area (Å²) in [7, 11) is 2.08. The van der Waals surface area contributed by atoms with Crippen LogP contribution in [0.1, 0.15) is 25.3 Å². The quantitative estimate of drug-likeness (QED) is 0.913. The van der Waals surface area contributed by atoms with Crippen molar-refractivity contribution in [2.75, 3.05) is 11.9 Å². The summed E-state index contributed by atoms with van der Waals surface area (Å²) in [6, 6.07) is 10.6. The third kappa shape index (κ3) is 2.30. The van der Waals surface area contributed by atoms with E-state index in [0.717, 1.165) is 28.2 Å². The van der Waals surface area contributed by atoms with E-state index in [-0.39, 0.29) is 6.61 Å². The van der Waals surface area contributed by atoms with E-state index >= 15 is 0 Å². The highest BCUT2D eigenvalue weighted by atomic mass is 16.3. The molecule has 3 nitrogen and oxygen atoms in total. The second kappa shape index (κ2) is 4.82. The Balaban J connectivity index is 2.04. The number of aliphatic hydroxyl groups is 1. The van der Waals surface area contributed by atoms with E-state index < -0.39 is 0 Å². The fourth-order valence-electron chi connectivity index (χ4n) is 2.66. The van der Waals surface area contributed by atoms with E-state index in [4.69, 9.17) is 4.98 Å². The summed E-state index contributed by atoms with van der Waals surface area (Å²) in [5, 5.41) is 10.7. The molecule has 3 rings (SSSR count). The Hall–Kier alpha value is -1.61. The van der Waals surface area contributed by atoms with Gasteiger partial charge in [-0.15, -0.1) is 0 Å². The molecule has 1 saturated carbocycles. The van der Waals surface area contributed by atoms with Gasteiger partial charge in [-0.2, -0.15) is 0 Å². The number of anilines is 1. The lowest BCUT2D eigenvalue weighted by Crippen LogP contribution is -2.32. The maximum atomic E-state index is 9.60. The average molecular weight is 256 g/mol. The summed E-state index contributed by atoms with van der Waals surface area (Å²) in [6.45, 7) is 2.28. The van der Waals surface area contributed by atoms with Gasteiger partial charge in [0.15, 0.2) is 0 Å². The van der Waals surface area contributed by atoms with Crippen molar-refractivity contribution in [1.29, 1.82) is 0 Å². The van der Waals surface area contributed by atoms with Crippen molar-refractivity contribution < 1.29 is 5.11 Å². The number of aliphatic hydroxyl groups excluding tert-OH is 1. The van der Waals surface area contributed by atoms with Gasteiger partial charge >= 0.3 is 0 Å². The summed E-state index contributed by atoms with van der Waals surface area (Å²) in [4.78, 5) is 6.96. The van der Waals surface area contributed by atoms with Crippen LogP contribution in [-0.4, -0.2) is 23.2 Å². The Kier molecular flexibility index (Phi) is 3.15. The molecule has 1 heterocycles. The van der Waals surface area contributed by atoms with Gasteiger partial charge < -0.3 is 10.0 Å². The summed E-state index contributed by atoms with van der Waals surface area (Å²) >= 11 is 0. The first-order valence-electron chi connectivity index (χ1n) is 6.93. The minimum Gasteiger partial charge on any atom is -0.392 e. The first-order valence-corrected chi connectivity index (χ1v) is 6.93. The minimum absolute atomic E-state index is 0.0366. The molecule has 0 radical (unpaired) electrons. The number of para-hydroxylation sites is 1. The lowest BCUT2D eigenvalue weighted by atomic mass is 10.1. The van der Waals surface area contributed by atoms with E-state index in [2.05, 4.69) is 18.9 Å². The maximum Gasteiger partial charge on any atom is 0.134 e. The molecule has 0 bridgehead atoms. The van der Waals surface area contributed by atoms with Gasteiger partial charge in [-0.3, -0.25) is 0 Å². The van der Waals surface area contributed by atoms with Crippen molar-refractivity contribution in [3.05, 3.63) is 35.9 Å². The molecule has 3 heteroatoms. The van der Waals surface area contributed by atoms with Crippen LogP contribution in [0.3, 0.4) is 0 Å². The number of aromatic nitrogens is 1. The Bertz CT molecular complexity index is 592. The van der Waals surface area contributed by atoms with Crippen molar-refractivity contribution in [1.82, 2.24) is 4.98 Å². The van der Waals surface area contributed by atoms with E-state index in [0.29, 0.717) is 6.04 Å². The van der Waals surface area contributed by atoms with Crippen LogP contribution in [0.5, 0.6) is 0 Å². The molecule has 1 aromatic carbocycles. The van der Waals surface area contributed by atoms with Crippen LogP contribution in [0.25, 0.3) is 10.9 Å². The second-order valence-electron chi connectivity index (χ2n) is 5.51. The number of hydrogen-bond acceptors (Lipinski definition) is 3. The molecule has 0 saturated heterocycles. The summed E-state index contributed by atoms with van der Waals surface area (Å²) in [5.41, 5.74) is 1.90. The fraction of sp³-hybridized carbons (Fsp3) is 0.438. The molecule has 100 valence electrons.